The molecule has 11 nitrogen and oxygen atoms in total. The Bertz CT molecular complexity index is 1810. The number of nitrogens with zero attached hydrogens (tertiary/aromatic N) is 1. The summed E-state index contributed by atoms with van der Waals surface area (Å²) in [6.07, 6.45) is 0.555. The number of carbonyl (C=O) groups excluding carboxylic acids is 5. The van der Waals surface area contributed by atoms with Crippen LogP contribution in [-0.4, -0.2) is 61.8 Å². The molecule has 11 heteroatoms. The molecule has 242 valence electrons. The van der Waals surface area contributed by atoms with Crippen molar-refractivity contribution in [3.8, 4) is 28.7 Å². The summed E-state index contributed by atoms with van der Waals surface area (Å²) >= 11 is 0. The van der Waals surface area contributed by atoms with Crippen LogP contribution in [0, 0.1) is 0 Å². The molecule has 4 aromatic rings. The van der Waals surface area contributed by atoms with Crippen molar-refractivity contribution >= 4 is 30.1 Å². The number of methoxy groups -OCH3 is 2. The van der Waals surface area contributed by atoms with E-state index in [2.05, 4.69) is 0 Å². The van der Waals surface area contributed by atoms with Crippen molar-refractivity contribution in [2.45, 2.75) is 26.3 Å². The first-order valence-electron chi connectivity index (χ1n) is 14.3. The van der Waals surface area contributed by atoms with Gasteiger partial charge < -0.3 is 28.6 Å². The average Bonchev–Trinajstić information content (AvgIpc) is 3.07. The molecular formula is C36H33NO10. The van der Waals surface area contributed by atoms with Gasteiger partial charge in [-0.25, -0.2) is 14.4 Å². The van der Waals surface area contributed by atoms with Crippen LogP contribution in [0.4, 0.5) is 0 Å². The topological polar surface area (TPSA) is 135 Å². The molecule has 0 heterocycles. The van der Waals surface area contributed by atoms with Gasteiger partial charge >= 0.3 is 17.9 Å². The lowest BCUT2D eigenvalue weighted by atomic mass is 10.0. The van der Waals surface area contributed by atoms with Gasteiger partial charge in [-0.2, -0.15) is 0 Å². The van der Waals surface area contributed by atoms with Gasteiger partial charge in [0.25, 0.3) is 5.91 Å². The van der Waals surface area contributed by atoms with E-state index in [1.165, 1.54) is 79.8 Å². The first-order valence-corrected chi connectivity index (χ1v) is 14.3. The number of benzene rings is 4. The van der Waals surface area contributed by atoms with Gasteiger partial charge in [0.15, 0.2) is 17.8 Å². The molecule has 0 unspecified atom stereocenters. The van der Waals surface area contributed by atoms with Crippen LogP contribution in [0.25, 0.3) is 0 Å². The standard InChI is InChI=1S/C36H33NO10/c1-36(2,3)37(4)32(39)29-19-24(7-8-25(29)21-38)35(42)45-27-15-11-22(12-16-27)33(40)46-28-17-18-30(31(20-28)44-6)47-34(41)23-9-13-26(43-5)14-10-23/h7-21H,1-6H3. The van der Waals surface area contributed by atoms with Crippen LogP contribution >= 0.6 is 0 Å². The van der Waals surface area contributed by atoms with E-state index >= 15 is 0 Å². The fraction of sp³-hybridized carbons (Fsp3) is 0.194. The lowest BCUT2D eigenvalue weighted by molar-refractivity contribution is 0.0651. The second-order valence-corrected chi connectivity index (χ2v) is 11.2. The van der Waals surface area contributed by atoms with Crippen molar-refractivity contribution in [3.63, 3.8) is 0 Å². The number of hydrogen-bond acceptors (Lipinski definition) is 10. The fourth-order valence-corrected chi connectivity index (χ4v) is 4.13. The summed E-state index contributed by atoms with van der Waals surface area (Å²) < 4.78 is 26.8. The molecule has 0 spiro atoms. The predicted molar refractivity (Wildman–Crippen MR) is 171 cm³/mol. The quantitative estimate of drug-likeness (QED) is 0.115. The highest BCUT2D eigenvalue weighted by Gasteiger charge is 2.26. The van der Waals surface area contributed by atoms with E-state index < -0.39 is 29.4 Å². The molecule has 0 fully saturated rings. The van der Waals surface area contributed by atoms with E-state index in [9.17, 15) is 24.0 Å². The van der Waals surface area contributed by atoms with Crippen molar-refractivity contribution in [1.29, 1.82) is 0 Å². The molecule has 0 radical (unpaired) electrons. The van der Waals surface area contributed by atoms with Crippen LogP contribution in [-0.2, 0) is 0 Å². The molecule has 0 aromatic heterocycles. The Hall–Kier alpha value is -5.97. The molecule has 47 heavy (non-hydrogen) atoms. The zero-order chi connectivity index (χ0) is 34.3. The van der Waals surface area contributed by atoms with Crippen molar-refractivity contribution in [2.24, 2.45) is 0 Å². The van der Waals surface area contributed by atoms with Crippen LogP contribution in [0.15, 0.2) is 84.9 Å². The van der Waals surface area contributed by atoms with E-state index in [4.69, 9.17) is 23.7 Å². The number of hydrogen-bond donors (Lipinski definition) is 0. The number of aldehydes is 1. The Morgan fingerprint density at radius 1 is 0.596 bits per heavy atom. The largest absolute Gasteiger partial charge is 0.497 e. The van der Waals surface area contributed by atoms with Gasteiger partial charge in [-0.15, -0.1) is 0 Å². The molecule has 4 aromatic carbocycles. The molecule has 1 amide bonds. The van der Waals surface area contributed by atoms with E-state index in [1.54, 1.807) is 31.3 Å². The zero-order valence-electron chi connectivity index (χ0n) is 26.7. The Morgan fingerprint density at radius 3 is 1.66 bits per heavy atom. The maximum absolute atomic E-state index is 13.0. The Morgan fingerprint density at radius 2 is 1.11 bits per heavy atom. The molecule has 0 atom stereocenters. The number of rotatable bonds is 10. The highest BCUT2D eigenvalue weighted by atomic mass is 16.6. The molecule has 0 N–H and O–H groups in total. The van der Waals surface area contributed by atoms with Crippen LogP contribution in [0.2, 0.25) is 0 Å². The third-order valence-electron chi connectivity index (χ3n) is 7.13. The van der Waals surface area contributed by atoms with Crippen LogP contribution < -0.4 is 23.7 Å². The van der Waals surface area contributed by atoms with Gasteiger partial charge in [0.2, 0.25) is 0 Å². The second kappa shape index (κ2) is 14.4. The minimum atomic E-state index is -0.759. The number of carbonyl (C=O) groups is 5. The Kier molecular flexibility index (Phi) is 10.4. The molecule has 0 aliphatic rings. The summed E-state index contributed by atoms with van der Waals surface area (Å²) in [6.45, 7) is 5.54. The van der Waals surface area contributed by atoms with Crippen LogP contribution in [0.1, 0.15) is 72.6 Å². The van der Waals surface area contributed by atoms with Crippen LogP contribution in [0.3, 0.4) is 0 Å². The minimum absolute atomic E-state index is 0.0665. The van der Waals surface area contributed by atoms with Gasteiger partial charge in [0.05, 0.1) is 36.5 Å². The van der Waals surface area contributed by atoms with Crippen molar-refractivity contribution < 1.29 is 47.7 Å². The SMILES string of the molecule is COc1ccc(C(=O)Oc2ccc(OC(=O)c3ccc(OC(=O)c4ccc(C=O)c(C(=O)N(C)C(C)(C)C)c4)cc3)cc2OC)cc1. The molecular weight excluding hydrogens is 606 g/mol. The van der Waals surface area contributed by atoms with Crippen molar-refractivity contribution in [2.75, 3.05) is 21.3 Å². The molecule has 0 saturated carbocycles. The Balaban J connectivity index is 1.41. The molecule has 0 aliphatic carbocycles. The van der Waals surface area contributed by atoms with E-state index in [0.717, 1.165) is 0 Å². The third kappa shape index (κ3) is 8.20. The van der Waals surface area contributed by atoms with Gasteiger partial charge in [-0.1, -0.05) is 6.07 Å². The highest BCUT2D eigenvalue weighted by molar-refractivity contribution is 6.04. The monoisotopic (exact) mass is 639 g/mol. The summed E-state index contributed by atoms with van der Waals surface area (Å²) in [5.74, 6) is -1.35. The maximum Gasteiger partial charge on any atom is 0.343 e. The normalized spacial score (nSPS) is 10.8. The highest BCUT2D eigenvalue weighted by Crippen LogP contribution is 2.32. The zero-order valence-corrected chi connectivity index (χ0v) is 26.7. The summed E-state index contributed by atoms with van der Waals surface area (Å²) in [5.41, 5.74) is 0.234. The summed E-state index contributed by atoms with van der Waals surface area (Å²) in [7, 11) is 4.51. The lowest BCUT2D eigenvalue weighted by Crippen LogP contribution is -2.42. The van der Waals surface area contributed by atoms with Gasteiger partial charge in [0, 0.05) is 24.2 Å². The number of esters is 3. The second-order valence-electron chi connectivity index (χ2n) is 11.2. The summed E-state index contributed by atoms with van der Waals surface area (Å²) in [5, 5.41) is 0. The third-order valence-corrected chi connectivity index (χ3v) is 7.13. The number of amides is 1. The van der Waals surface area contributed by atoms with Crippen molar-refractivity contribution in [3.05, 3.63) is 113 Å². The molecule has 0 saturated heterocycles. The average molecular weight is 640 g/mol. The number of ether oxygens (including phenoxy) is 5. The van der Waals surface area contributed by atoms with Gasteiger partial charge in [0.1, 0.15) is 17.2 Å². The molecule has 4 rings (SSSR count). The first-order chi connectivity index (χ1) is 22.3. The van der Waals surface area contributed by atoms with Crippen molar-refractivity contribution in [1.82, 2.24) is 4.90 Å². The molecule has 0 aliphatic heterocycles. The fourth-order valence-electron chi connectivity index (χ4n) is 4.13. The molecule has 0 bridgehead atoms. The first kappa shape index (κ1) is 33.9. The van der Waals surface area contributed by atoms with E-state index in [1.807, 2.05) is 20.8 Å². The Labute approximate surface area is 271 Å². The maximum atomic E-state index is 13.0. The van der Waals surface area contributed by atoms with Gasteiger partial charge in [-0.3, -0.25) is 9.59 Å². The van der Waals surface area contributed by atoms with E-state index in [0.29, 0.717) is 17.6 Å². The summed E-state index contributed by atoms with van der Waals surface area (Å²) in [6, 6.07) is 20.4. The van der Waals surface area contributed by atoms with E-state index in [-0.39, 0.29) is 45.3 Å². The smallest absolute Gasteiger partial charge is 0.343 e. The van der Waals surface area contributed by atoms with Crippen LogP contribution in [0.5, 0.6) is 28.7 Å². The predicted octanol–water partition coefficient (Wildman–Crippen LogP) is 6.04. The lowest BCUT2D eigenvalue weighted by Gasteiger charge is -2.32. The van der Waals surface area contributed by atoms with Gasteiger partial charge in [-0.05, 0) is 93.6 Å². The minimum Gasteiger partial charge on any atom is -0.497 e. The summed E-state index contributed by atoms with van der Waals surface area (Å²) in [4.78, 5) is 64.4.